The van der Waals surface area contributed by atoms with Crippen LogP contribution in [0.25, 0.3) is 6.08 Å². The molecule has 0 saturated heterocycles. The Bertz CT molecular complexity index is 829. The Morgan fingerprint density at radius 2 is 1.50 bits per heavy atom. The van der Waals surface area contributed by atoms with Crippen LogP contribution in [-0.4, -0.2) is 40.4 Å². The highest BCUT2D eigenvalue weighted by atomic mass is 16.5. The zero-order valence-electron chi connectivity index (χ0n) is 16.2. The SMILES string of the molecule is COC(=O)c1ccc(COC(=O)/C=C/c2cc(OC)c(OC)c(OC)c2)cc1. The number of hydrogen-bond donors (Lipinski definition) is 0. The van der Waals surface area contributed by atoms with Crippen LogP contribution in [0.3, 0.4) is 0 Å². The van der Waals surface area contributed by atoms with Crippen LogP contribution in [0.2, 0.25) is 0 Å². The van der Waals surface area contributed by atoms with E-state index in [1.54, 1.807) is 42.5 Å². The third kappa shape index (κ3) is 5.26. The summed E-state index contributed by atoms with van der Waals surface area (Å²) in [5, 5.41) is 0. The van der Waals surface area contributed by atoms with E-state index >= 15 is 0 Å². The van der Waals surface area contributed by atoms with Crippen molar-refractivity contribution in [1.82, 2.24) is 0 Å². The number of methoxy groups -OCH3 is 4. The number of ether oxygens (including phenoxy) is 5. The average molecular weight is 386 g/mol. The fraction of sp³-hybridized carbons (Fsp3) is 0.238. The van der Waals surface area contributed by atoms with Crippen LogP contribution in [0.15, 0.2) is 42.5 Å². The first-order valence-corrected chi connectivity index (χ1v) is 8.34. The van der Waals surface area contributed by atoms with Gasteiger partial charge < -0.3 is 23.7 Å². The Morgan fingerprint density at radius 1 is 0.893 bits per heavy atom. The number of carbonyl (C=O) groups excluding carboxylic acids is 2. The lowest BCUT2D eigenvalue weighted by molar-refractivity contribution is -0.138. The number of rotatable bonds is 8. The molecule has 0 aliphatic rings. The number of esters is 2. The molecule has 0 aliphatic carbocycles. The van der Waals surface area contributed by atoms with Gasteiger partial charge in [-0.25, -0.2) is 9.59 Å². The standard InChI is InChI=1S/C21H22O7/c1-24-17-11-15(12-18(25-2)20(17)26-3)7-10-19(22)28-13-14-5-8-16(9-6-14)21(23)27-4/h5-12H,13H2,1-4H3/b10-7+. The average Bonchev–Trinajstić information content (AvgIpc) is 2.74. The lowest BCUT2D eigenvalue weighted by Gasteiger charge is -2.12. The summed E-state index contributed by atoms with van der Waals surface area (Å²) in [5.74, 6) is 0.517. The second-order valence-electron chi connectivity index (χ2n) is 5.59. The molecular weight excluding hydrogens is 364 g/mol. The molecule has 0 aliphatic heterocycles. The zero-order chi connectivity index (χ0) is 20.5. The summed E-state index contributed by atoms with van der Waals surface area (Å²) in [5.41, 5.74) is 1.87. The maximum Gasteiger partial charge on any atom is 0.337 e. The van der Waals surface area contributed by atoms with Crippen molar-refractivity contribution in [3.63, 3.8) is 0 Å². The first kappa shape index (κ1) is 20.8. The molecule has 0 atom stereocenters. The van der Waals surface area contributed by atoms with E-state index in [9.17, 15) is 9.59 Å². The summed E-state index contributed by atoms with van der Waals surface area (Å²) in [7, 11) is 5.87. The second-order valence-corrected chi connectivity index (χ2v) is 5.59. The Kier molecular flexibility index (Phi) is 7.45. The van der Waals surface area contributed by atoms with Gasteiger partial charge in [0, 0.05) is 6.08 Å². The minimum atomic E-state index is -0.509. The van der Waals surface area contributed by atoms with Crippen molar-refractivity contribution in [1.29, 1.82) is 0 Å². The van der Waals surface area contributed by atoms with Crippen molar-refractivity contribution in [3.05, 3.63) is 59.2 Å². The van der Waals surface area contributed by atoms with Gasteiger partial charge >= 0.3 is 11.9 Å². The molecule has 28 heavy (non-hydrogen) atoms. The second kappa shape index (κ2) is 10.0. The highest BCUT2D eigenvalue weighted by Crippen LogP contribution is 2.38. The summed E-state index contributed by atoms with van der Waals surface area (Å²) in [6.07, 6.45) is 2.90. The van der Waals surface area contributed by atoms with Gasteiger partial charge in [-0.05, 0) is 41.5 Å². The van der Waals surface area contributed by atoms with E-state index < -0.39 is 11.9 Å². The largest absolute Gasteiger partial charge is 0.493 e. The summed E-state index contributed by atoms with van der Waals surface area (Å²) in [4.78, 5) is 23.4. The van der Waals surface area contributed by atoms with Crippen LogP contribution in [0, 0.1) is 0 Å². The maximum atomic E-state index is 12.0. The predicted molar refractivity (Wildman–Crippen MR) is 103 cm³/mol. The summed E-state index contributed by atoms with van der Waals surface area (Å²) in [6, 6.07) is 10.1. The maximum absolute atomic E-state index is 12.0. The molecule has 0 heterocycles. The fourth-order valence-corrected chi connectivity index (χ4v) is 2.42. The molecular formula is C21H22O7. The van der Waals surface area contributed by atoms with E-state index in [2.05, 4.69) is 4.74 Å². The summed E-state index contributed by atoms with van der Waals surface area (Å²) in [6.45, 7) is 0.0832. The molecule has 0 N–H and O–H groups in total. The van der Waals surface area contributed by atoms with Gasteiger partial charge in [0.1, 0.15) is 6.61 Å². The van der Waals surface area contributed by atoms with Crippen molar-refractivity contribution >= 4 is 18.0 Å². The molecule has 0 bridgehead atoms. The first-order valence-electron chi connectivity index (χ1n) is 8.34. The highest BCUT2D eigenvalue weighted by molar-refractivity contribution is 5.89. The molecule has 0 saturated carbocycles. The quantitative estimate of drug-likeness (QED) is 0.509. The molecule has 0 aromatic heterocycles. The number of benzene rings is 2. The fourth-order valence-electron chi connectivity index (χ4n) is 2.42. The van der Waals surface area contributed by atoms with Gasteiger partial charge in [0.25, 0.3) is 0 Å². The van der Waals surface area contributed by atoms with Gasteiger partial charge in [0.05, 0.1) is 34.0 Å². The van der Waals surface area contributed by atoms with Crippen LogP contribution in [0.4, 0.5) is 0 Å². The smallest absolute Gasteiger partial charge is 0.337 e. The first-order chi connectivity index (χ1) is 13.5. The topological polar surface area (TPSA) is 80.3 Å². The van der Waals surface area contributed by atoms with Crippen molar-refractivity contribution in [2.24, 2.45) is 0 Å². The lowest BCUT2D eigenvalue weighted by Crippen LogP contribution is -2.03. The van der Waals surface area contributed by atoms with E-state index in [4.69, 9.17) is 18.9 Å². The molecule has 7 nitrogen and oxygen atoms in total. The van der Waals surface area contributed by atoms with E-state index in [0.717, 1.165) is 5.56 Å². The van der Waals surface area contributed by atoms with Gasteiger partial charge in [-0.3, -0.25) is 0 Å². The van der Waals surface area contributed by atoms with Crippen molar-refractivity contribution < 1.29 is 33.3 Å². The Balaban J connectivity index is 2.01. The van der Waals surface area contributed by atoms with Gasteiger partial charge in [0.2, 0.25) is 5.75 Å². The monoisotopic (exact) mass is 386 g/mol. The third-order valence-corrected chi connectivity index (χ3v) is 3.86. The Labute approximate surface area is 163 Å². The number of hydrogen-bond acceptors (Lipinski definition) is 7. The minimum absolute atomic E-state index is 0.0832. The third-order valence-electron chi connectivity index (χ3n) is 3.86. The minimum Gasteiger partial charge on any atom is -0.493 e. The lowest BCUT2D eigenvalue weighted by atomic mass is 10.1. The van der Waals surface area contributed by atoms with Crippen LogP contribution in [0.1, 0.15) is 21.5 Å². The molecule has 0 radical (unpaired) electrons. The van der Waals surface area contributed by atoms with Crippen molar-refractivity contribution in [3.8, 4) is 17.2 Å². The van der Waals surface area contributed by atoms with Crippen molar-refractivity contribution in [2.45, 2.75) is 6.61 Å². The van der Waals surface area contributed by atoms with Crippen molar-refractivity contribution in [2.75, 3.05) is 28.4 Å². The van der Waals surface area contributed by atoms with E-state index in [1.807, 2.05) is 0 Å². The van der Waals surface area contributed by atoms with E-state index in [-0.39, 0.29) is 6.61 Å². The molecule has 2 aromatic carbocycles. The number of carbonyl (C=O) groups is 2. The van der Waals surface area contributed by atoms with Crippen LogP contribution < -0.4 is 14.2 Å². The summed E-state index contributed by atoms with van der Waals surface area (Å²) >= 11 is 0. The van der Waals surface area contributed by atoms with Crippen LogP contribution >= 0.6 is 0 Å². The molecule has 0 amide bonds. The zero-order valence-corrected chi connectivity index (χ0v) is 16.2. The van der Waals surface area contributed by atoms with Gasteiger partial charge in [-0.1, -0.05) is 12.1 Å². The predicted octanol–water partition coefficient (Wildman–Crippen LogP) is 3.26. The van der Waals surface area contributed by atoms with E-state index in [0.29, 0.717) is 28.4 Å². The van der Waals surface area contributed by atoms with Gasteiger partial charge in [0.15, 0.2) is 11.5 Å². The molecule has 0 fully saturated rings. The van der Waals surface area contributed by atoms with Gasteiger partial charge in [-0.2, -0.15) is 0 Å². The summed E-state index contributed by atoms with van der Waals surface area (Å²) < 4.78 is 25.7. The van der Waals surface area contributed by atoms with Gasteiger partial charge in [-0.15, -0.1) is 0 Å². The Hall–Kier alpha value is -3.48. The molecule has 0 spiro atoms. The highest BCUT2D eigenvalue weighted by Gasteiger charge is 2.12. The van der Waals surface area contributed by atoms with Crippen LogP contribution in [0.5, 0.6) is 17.2 Å². The van der Waals surface area contributed by atoms with Crippen LogP contribution in [-0.2, 0) is 20.9 Å². The Morgan fingerprint density at radius 3 is 2.00 bits per heavy atom. The molecule has 2 rings (SSSR count). The van der Waals surface area contributed by atoms with E-state index in [1.165, 1.54) is 34.5 Å². The molecule has 0 unspecified atom stereocenters. The normalized spacial score (nSPS) is 10.4. The molecule has 7 heteroatoms. The molecule has 2 aromatic rings. The molecule has 148 valence electrons.